The highest BCUT2D eigenvalue weighted by Crippen LogP contribution is 2.27. The zero-order chi connectivity index (χ0) is 22.3. The number of carbonyl (C=O) groups is 2. The van der Waals surface area contributed by atoms with Crippen LogP contribution in [0.25, 0.3) is 0 Å². The van der Waals surface area contributed by atoms with Crippen LogP contribution in [0.1, 0.15) is 64.3 Å². The number of rotatable bonds is 3. The van der Waals surface area contributed by atoms with Gasteiger partial charge in [-0.2, -0.15) is 0 Å². The standard InChI is InChI=1S/C23H23FN4O3/c1-13-5-6-31-19(13)20(29)26-17-8-14(7-16(24)9-17)21(30)28-11-15-10-25-22(23(2,3)4)27-18(15)12-28/h5-10H,11-12H2,1-4H3,(H,26,29). The van der Waals surface area contributed by atoms with E-state index in [9.17, 15) is 14.0 Å². The van der Waals surface area contributed by atoms with Crippen molar-refractivity contribution in [3.05, 3.63) is 76.5 Å². The molecular weight excluding hydrogens is 399 g/mol. The summed E-state index contributed by atoms with van der Waals surface area (Å²) in [4.78, 5) is 36.0. The van der Waals surface area contributed by atoms with Gasteiger partial charge in [0.15, 0.2) is 5.76 Å². The van der Waals surface area contributed by atoms with Crippen molar-refractivity contribution in [2.75, 3.05) is 5.32 Å². The Balaban J connectivity index is 1.54. The number of benzene rings is 1. The summed E-state index contributed by atoms with van der Waals surface area (Å²) in [7, 11) is 0. The van der Waals surface area contributed by atoms with Gasteiger partial charge in [-0.3, -0.25) is 9.59 Å². The van der Waals surface area contributed by atoms with Crippen LogP contribution < -0.4 is 5.32 Å². The number of halogens is 1. The Hall–Kier alpha value is -3.55. The van der Waals surface area contributed by atoms with Gasteiger partial charge in [-0.1, -0.05) is 20.8 Å². The second-order valence-corrected chi connectivity index (χ2v) is 8.69. The van der Waals surface area contributed by atoms with Crippen LogP contribution in [0.4, 0.5) is 10.1 Å². The average molecular weight is 422 g/mol. The fraction of sp³-hybridized carbons (Fsp3) is 0.304. The number of hydrogen-bond acceptors (Lipinski definition) is 5. The van der Waals surface area contributed by atoms with Crippen LogP contribution in [0, 0.1) is 12.7 Å². The van der Waals surface area contributed by atoms with Crippen molar-refractivity contribution < 1.29 is 18.4 Å². The Bertz CT molecular complexity index is 1180. The minimum absolute atomic E-state index is 0.139. The third-order valence-corrected chi connectivity index (χ3v) is 5.08. The highest BCUT2D eigenvalue weighted by atomic mass is 19.1. The number of aromatic nitrogens is 2. The summed E-state index contributed by atoms with van der Waals surface area (Å²) < 4.78 is 19.4. The Morgan fingerprint density at radius 1 is 1.19 bits per heavy atom. The molecule has 0 radical (unpaired) electrons. The quantitative estimate of drug-likeness (QED) is 0.683. The third-order valence-electron chi connectivity index (χ3n) is 5.08. The van der Waals surface area contributed by atoms with Gasteiger partial charge in [0.2, 0.25) is 0 Å². The molecule has 1 aliphatic heterocycles. The first kappa shape index (κ1) is 20.7. The van der Waals surface area contributed by atoms with Gasteiger partial charge >= 0.3 is 0 Å². The number of furan rings is 1. The maximum Gasteiger partial charge on any atom is 0.291 e. The summed E-state index contributed by atoms with van der Waals surface area (Å²) in [6.45, 7) is 8.49. The van der Waals surface area contributed by atoms with E-state index >= 15 is 0 Å². The zero-order valence-electron chi connectivity index (χ0n) is 17.8. The number of nitrogens with zero attached hydrogens (tertiary/aromatic N) is 3. The lowest BCUT2D eigenvalue weighted by molar-refractivity contribution is 0.0749. The third kappa shape index (κ3) is 4.19. The Morgan fingerprint density at radius 3 is 2.65 bits per heavy atom. The fourth-order valence-electron chi connectivity index (χ4n) is 3.42. The summed E-state index contributed by atoms with van der Waals surface area (Å²) in [5.41, 5.74) is 2.45. The smallest absolute Gasteiger partial charge is 0.291 e. The number of carbonyl (C=O) groups excluding carboxylic acids is 2. The summed E-state index contributed by atoms with van der Waals surface area (Å²) in [5.74, 6) is -0.627. The second-order valence-electron chi connectivity index (χ2n) is 8.69. The summed E-state index contributed by atoms with van der Waals surface area (Å²) >= 11 is 0. The molecule has 3 heterocycles. The van der Waals surface area contributed by atoms with E-state index in [2.05, 4.69) is 15.3 Å². The van der Waals surface area contributed by atoms with Crippen LogP contribution in [0.5, 0.6) is 0 Å². The molecule has 0 bridgehead atoms. The van der Waals surface area contributed by atoms with Gasteiger partial charge in [-0.15, -0.1) is 0 Å². The van der Waals surface area contributed by atoms with Gasteiger partial charge in [-0.05, 0) is 31.2 Å². The SMILES string of the molecule is Cc1ccoc1C(=O)Nc1cc(F)cc(C(=O)N2Cc3cnc(C(C)(C)C)nc3C2)c1. The number of amides is 2. The molecular formula is C23H23FN4O3. The van der Waals surface area contributed by atoms with Crippen molar-refractivity contribution in [3.63, 3.8) is 0 Å². The molecule has 1 aromatic carbocycles. The molecule has 0 fully saturated rings. The lowest BCUT2D eigenvalue weighted by Gasteiger charge is -2.17. The summed E-state index contributed by atoms with van der Waals surface area (Å²) in [6.07, 6.45) is 3.16. The number of anilines is 1. The van der Waals surface area contributed by atoms with Gasteiger partial charge < -0.3 is 14.6 Å². The molecule has 1 N–H and O–H groups in total. The van der Waals surface area contributed by atoms with E-state index in [0.717, 1.165) is 23.4 Å². The Kier molecular flexibility index (Phi) is 5.08. The van der Waals surface area contributed by atoms with Crippen molar-refractivity contribution >= 4 is 17.5 Å². The van der Waals surface area contributed by atoms with E-state index in [1.807, 2.05) is 20.8 Å². The number of hydrogen-bond donors (Lipinski definition) is 1. The molecule has 0 aliphatic carbocycles. The predicted octanol–water partition coefficient (Wildman–Crippen LogP) is 4.22. The maximum absolute atomic E-state index is 14.2. The van der Waals surface area contributed by atoms with Crippen molar-refractivity contribution in [3.8, 4) is 0 Å². The topological polar surface area (TPSA) is 88.3 Å². The van der Waals surface area contributed by atoms with Gasteiger partial charge in [0.25, 0.3) is 11.8 Å². The lowest BCUT2D eigenvalue weighted by Crippen LogP contribution is -2.25. The molecule has 0 saturated carbocycles. The molecule has 7 nitrogen and oxygen atoms in total. The lowest BCUT2D eigenvalue weighted by atomic mass is 9.95. The molecule has 3 aromatic rings. The Labute approximate surface area is 179 Å². The normalized spacial score (nSPS) is 13.3. The minimum atomic E-state index is -0.621. The van der Waals surface area contributed by atoms with Crippen LogP contribution in [0.3, 0.4) is 0 Å². The van der Waals surface area contributed by atoms with Crippen molar-refractivity contribution in [2.45, 2.75) is 46.2 Å². The first-order chi connectivity index (χ1) is 14.6. The van der Waals surface area contributed by atoms with E-state index in [4.69, 9.17) is 4.42 Å². The van der Waals surface area contributed by atoms with Crippen LogP contribution in [0.2, 0.25) is 0 Å². The van der Waals surface area contributed by atoms with Crippen LogP contribution in [-0.4, -0.2) is 26.7 Å². The Morgan fingerprint density at radius 2 is 1.97 bits per heavy atom. The highest BCUT2D eigenvalue weighted by molar-refractivity contribution is 6.04. The van der Waals surface area contributed by atoms with E-state index in [1.165, 1.54) is 12.3 Å². The minimum Gasteiger partial charge on any atom is -0.459 e. The summed E-state index contributed by atoms with van der Waals surface area (Å²) in [6, 6.07) is 5.43. The number of nitrogens with one attached hydrogen (secondary N) is 1. The van der Waals surface area contributed by atoms with Crippen molar-refractivity contribution in [1.82, 2.24) is 14.9 Å². The number of aryl methyl sites for hydroxylation is 1. The molecule has 4 rings (SSSR count). The van der Waals surface area contributed by atoms with Gasteiger partial charge in [0, 0.05) is 40.5 Å². The molecule has 31 heavy (non-hydrogen) atoms. The first-order valence-corrected chi connectivity index (χ1v) is 9.92. The van der Waals surface area contributed by atoms with Crippen LogP contribution in [-0.2, 0) is 18.5 Å². The average Bonchev–Trinajstić information content (AvgIpc) is 3.31. The fourth-order valence-corrected chi connectivity index (χ4v) is 3.42. The van der Waals surface area contributed by atoms with Crippen LogP contribution >= 0.6 is 0 Å². The van der Waals surface area contributed by atoms with Crippen LogP contribution in [0.15, 0.2) is 41.1 Å². The maximum atomic E-state index is 14.2. The zero-order valence-corrected chi connectivity index (χ0v) is 17.8. The molecule has 0 unspecified atom stereocenters. The van der Waals surface area contributed by atoms with Gasteiger partial charge in [0.1, 0.15) is 11.6 Å². The molecule has 160 valence electrons. The largest absolute Gasteiger partial charge is 0.459 e. The van der Waals surface area contributed by atoms with Gasteiger partial charge in [-0.25, -0.2) is 14.4 Å². The molecule has 0 saturated heterocycles. The van der Waals surface area contributed by atoms with E-state index < -0.39 is 11.7 Å². The molecule has 8 heteroatoms. The van der Waals surface area contributed by atoms with Crippen molar-refractivity contribution in [2.24, 2.45) is 0 Å². The molecule has 0 spiro atoms. The number of fused-ring (bicyclic) bond motifs is 1. The molecule has 2 aromatic heterocycles. The second kappa shape index (κ2) is 7.61. The highest BCUT2D eigenvalue weighted by Gasteiger charge is 2.28. The van der Waals surface area contributed by atoms with E-state index in [0.29, 0.717) is 24.5 Å². The first-order valence-electron chi connectivity index (χ1n) is 9.92. The molecule has 2 amide bonds. The monoisotopic (exact) mass is 422 g/mol. The van der Waals surface area contributed by atoms with Gasteiger partial charge in [0.05, 0.1) is 18.5 Å². The molecule has 1 aliphatic rings. The summed E-state index contributed by atoms with van der Waals surface area (Å²) in [5, 5.41) is 2.59. The molecule has 0 atom stereocenters. The van der Waals surface area contributed by atoms with E-state index in [-0.39, 0.29) is 28.3 Å². The van der Waals surface area contributed by atoms with E-state index in [1.54, 1.807) is 24.1 Å². The predicted molar refractivity (Wildman–Crippen MR) is 112 cm³/mol. The van der Waals surface area contributed by atoms with Crippen molar-refractivity contribution in [1.29, 1.82) is 0 Å².